The summed E-state index contributed by atoms with van der Waals surface area (Å²) >= 11 is 0. The van der Waals surface area contributed by atoms with E-state index >= 15 is 0 Å². The molecular weight excluding hydrogens is 160 g/mol. The minimum Gasteiger partial charge on any atom is -0.354 e. The van der Waals surface area contributed by atoms with E-state index in [-0.39, 0.29) is 5.54 Å². The quantitative estimate of drug-likeness (QED) is 0.695. The van der Waals surface area contributed by atoms with E-state index in [2.05, 4.69) is 16.2 Å². The molecule has 0 aliphatic heterocycles. The zero-order valence-electron chi connectivity index (χ0n) is 8.26. The van der Waals surface area contributed by atoms with Gasteiger partial charge in [-0.25, -0.2) is 4.98 Å². The van der Waals surface area contributed by atoms with Gasteiger partial charge in [-0.3, -0.25) is 0 Å². The fraction of sp³-hybridized carbons (Fsp3) is 0.364. The van der Waals surface area contributed by atoms with Crippen LogP contribution in [0.25, 0.3) is 0 Å². The second kappa shape index (κ2) is 3.49. The van der Waals surface area contributed by atoms with E-state index in [4.69, 9.17) is 6.42 Å². The van der Waals surface area contributed by atoms with Crippen molar-refractivity contribution in [3.8, 4) is 12.3 Å². The smallest absolute Gasteiger partial charge is 0.127 e. The second-order valence-electron chi connectivity index (χ2n) is 3.62. The molecule has 0 amide bonds. The third-order valence-electron chi connectivity index (χ3n) is 1.71. The highest BCUT2D eigenvalue weighted by Gasteiger charge is 2.12. The van der Waals surface area contributed by atoms with Crippen LogP contribution in [0.3, 0.4) is 0 Å². The number of nitrogens with zero attached hydrogens (tertiary/aromatic N) is 1. The summed E-state index contributed by atoms with van der Waals surface area (Å²) in [4.78, 5) is 4.20. The number of hydrogen-bond acceptors (Lipinski definition) is 2. The zero-order valence-corrected chi connectivity index (χ0v) is 8.26. The van der Waals surface area contributed by atoms with E-state index in [1.54, 1.807) is 0 Å². The van der Waals surface area contributed by atoms with Crippen LogP contribution in [0, 0.1) is 19.3 Å². The van der Waals surface area contributed by atoms with Crippen LogP contribution in [0.1, 0.15) is 19.4 Å². The molecule has 13 heavy (non-hydrogen) atoms. The Bertz CT molecular complexity index is 317. The molecule has 0 fully saturated rings. The average Bonchev–Trinajstić information content (AvgIpc) is 2.09. The van der Waals surface area contributed by atoms with Gasteiger partial charge in [0.2, 0.25) is 0 Å². The van der Waals surface area contributed by atoms with E-state index in [1.165, 1.54) is 0 Å². The van der Waals surface area contributed by atoms with Gasteiger partial charge in [-0.05, 0) is 32.4 Å². The van der Waals surface area contributed by atoms with Crippen molar-refractivity contribution in [2.45, 2.75) is 26.3 Å². The average molecular weight is 174 g/mol. The van der Waals surface area contributed by atoms with Crippen molar-refractivity contribution >= 4 is 5.82 Å². The highest BCUT2D eigenvalue weighted by molar-refractivity contribution is 5.41. The number of pyridine rings is 1. The highest BCUT2D eigenvalue weighted by Crippen LogP contribution is 2.11. The van der Waals surface area contributed by atoms with Crippen LogP contribution >= 0.6 is 0 Å². The standard InChI is InChI=1S/C11H14N2/c1-5-11(3,4)13-10-7-6-9(2)8-12-10/h1,6-8H,2-4H3,(H,12,13). The molecule has 1 heterocycles. The van der Waals surface area contributed by atoms with Crippen molar-refractivity contribution in [2.24, 2.45) is 0 Å². The number of terminal acetylenes is 1. The summed E-state index contributed by atoms with van der Waals surface area (Å²) in [7, 11) is 0. The molecule has 0 aromatic carbocycles. The SMILES string of the molecule is C#CC(C)(C)Nc1ccc(C)cn1. The van der Waals surface area contributed by atoms with E-state index < -0.39 is 0 Å². The molecule has 0 saturated heterocycles. The molecule has 2 nitrogen and oxygen atoms in total. The Hall–Kier alpha value is -1.49. The first kappa shape index (κ1) is 9.60. The van der Waals surface area contributed by atoms with Crippen LogP contribution < -0.4 is 5.32 Å². The monoisotopic (exact) mass is 174 g/mol. The molecule has 0 spiro atoms. The Morgan fingerprint density at radius 3 is 2.62 bits per heavy atom. The lowest BCUT2D eigenvalue weighted by Gasteiger charge is -2.20. The van der Waals surface area contributed by atoms with Crippen LogP contribution in [0.5, 0.6) is 0 Å². The molecule has 0 atom stereocenters. The van der Waals surface area contributed by atoms with Gasteiger partial charge in [0, 0.05) is 6.20 Å². The van der Waals surface area contributed by atoms with E-state index in [0.717, 1.165) is 11.4 Å². The Morgan fingerprint density at radius 2 is 2.15 bits per heavy atom. The molecule has 1 aromatic rings. The summed E-state index contributed by atoms with van der Waals surface area (Å²) in [6.45, 7) is 5.88. The summed E-state index contributed by atoms with van der Waals surface area (Å²) in [5.74, 6) is 3.47. The van der Waals surface area contributed by atoms with Gasteiger partial charge in [-0.15, -0.1) is 6.42 Å². The van der Waals surface area contributed by atoms with Gasteiger partial charge in [0.25, 0.3) is 0 Å². The molecule has 0 aliphatic carbocycles. The second-order valence-corrected chi connectivity index (χ2v) is 3.62. The van der Waals surface area contributed by atoms with Crippen LogP contribution in [-0.2, 0) is 0 Å². The summed E-state index contributed by atoms with van der Waals surface area (Å²) in [6, 6.07) is 3.93. The number of rotatable bonds is 2. The molecule has 1 rings (SSSR count). The third kappa shape index (κ3) is 2.79. The molecule has 0 aliphatic rings. The fourth-order valence-corrected chi connectivity index (χ4v) is 0.898. The zero-order chi connectivity index (χ0) is 9.90. The van der Waals surface area contributed by atoms with Gasteiger partial charge in [-0.1, -0.05) is 12.0 Å². The lowest BCUT2D eigenvalue weighted by molar-refractivity contribution is 0.736. The maximum Gasteiger partial charge on any atom is 0.127 e. The molecule has 68 valence electrons. The number of anilines is 1. The predicted molar refractivity (Wildman–Crippen MR) is 55.5 cm³/mol. The number of aryl methyl sites for hydroxylation is 1. The Labute approximate surface area is 79.4 Å². The lowest BCUT2D eigenvalue weighted by atomic mass is 10.1. The predicted octanol–water partition coefficient (Wildman–Crippen LogP) is 2.21. The van der Waals surface area contributed by atoms with E-state index in [1.807, 2.05) is 39.1 Å². The third-order valence-corrected chi connectivity index (χ3v) is 1.71. The minimum absolute atomic E-state index is 0.345. The van der Waals surface area contributed by atoms with Crippen LogP contribution in [0.4, 0.5) is 5.82 Å². The Kier molecular flexibility index (Phi) is 2.57. The first-order chi connectivity index (χ1) is 6.03. The minimum atomic E-state index is -0.345. The van der Waals surface area contributed by atoms with Gasteiger partial charge in [0.05, 0.1) is 5.54 Å². The number of nitrogens with one attached hydrogen (secondary N) is 1. The van der Waals surface area contributed by atoms with Crippen molar-refractivity contribution in [3.63, 3.8) is 0 Å². The maximum atomic E-state index is 5.34. The molecule has 1 N–H and O–H groups in total. The van der Waals surface area contributed by atoms with Crippen molar-refractivity contribution in [1.82, 2.24) is 4.98 Å². The first-order valence-electron chi connectivity index (χ1n) is 4.22. The van der Waals surface area contributed by atoms with Crippen molar-refractivity contribution in [1.29, 1.82) is 0 Å². The molecule has 0 bridgehead atoms. The van der Waals surface area contributed by atoms with Gasteiger partial charge in [0.15, 0.2) is 0 Å². The van der Waals surface area contributed by atoms with Gasteiger partial charge >= 0.3 is 0 Å². The molecule has 0 saturated carbocycles. The number of aromatic nitrogens is 1. The summed E-state index contributed by atoms with van der Waals surface area (Å²) in [5, 5.41) is 3.15. The molecule has 2 heteroatoms. The Morgan fingerprint density at radius 1 is 1.46 bits per heavy atom. The largest absolute Gasteiger partial charge is 0.354 e. The van der Waals surface area contributed by atoms with Gasteiger partial charge < -0.3 is 5.32 Å². The number of hydrogen-bond donors (Lipinski definition) is 1. The molecular formula is C11H14N2. The normalized spacial score (nSPS) is 10.6. The summed E-state index contributed by atoms with van der Waals surface area (Å²) in [6.07, 6.45) is 7.16. The maximum absolute atomic E-state index is 5.34. The Balaban J connectivity index is 2.77. The van der Waals surface area contributed by atoms with Crippen LogP contribution in [-0.4, -0.2) is 10.5 Å². The van der Waals surface area contributed by atoms with Crippen molar-refractivity contribution in [2.75, 3.05) is 5.32 Å². The molecule has 0 radical (unpaired) electrons. The first-order valence-corrected chi connectivity index (χ1v) is 4.22. The fourth-order valence-electron chi connectivity index (χ4n) is 0.898. The molecule has 0 unspecified atom stereocenters. The van der Waals surface area contributed by atoms with Gasteiger partial charge in [0.1, 0.15) is 5.82 Å². The molecule has 1 aromatic heterocycles. The van der Waals surface area contributed by atoms with Crippen LogP contribution in [0.15, 0.2) is 18.3 Å². The lowest BCUT2D eigenvalue weighted by Crippen LogP contribution is -2.28. The summed E-state index contributed by atoms with van der Waals surface area (Å²) < 4.78 is 0. The van der Waals surface area contributed by atoms with E-state index in [0.29, 0.717) is 0 Å². The van der Waals surface area contributed by atoms with E-state index in [9.17, 15) is 0 Å². The highest BCUT2D eigenvalue weighted by atomic mass is 15.0. The van der Waals surface area contributed by atoms with Crippen molar-refractivity contribution in [3.05, 3.63) is 23.9 Å². The summed E-state index contributed by atoms with van der Waals surface area (Å²) in [5.41, 5.74) is 0.798. The van der Waals surface area contributed by atoms with Gasteiger partial charge in [-0.2, -0.15) is 0 Å². The van der Waals surface area contributed by atoms with Crippen LogP contribution in [0.2, 0.25) is 0 Å². The van der Waals surface area contributed by atoms with Crippen molar-refractivity contribution < 1.29 is 0 Å². The topological polar surface area (TPSA) is 24.9 Å².